The molecule has 0 radical (unpaired) electrons. The lowest BCUT2D eigenvalue weighted by Crippen LogP contribution is -2.54. The van der Waals surface area contributed by atoms with Crippen LogP contribution in [0.25, 0.3) is 0 Å². The van der Waals surface area contributed by atoms with Crippen molar-refractivity contribution in [2.75, 3.05) is 0 Å². The van der Waals surface area contributed by atoms with Gasteiger partial charge in [-0.15, -0.1) is 0 Å². The van der Waals surface area contributed by atoms with Crippen LogP contribution in [0.3, 0.4) is 0 Å². The summed E-state index contributed by atoms with van der Waals surface area (Å²) in [6, 6.07) is 8.56. The molecule has 28 heavy (non-hydrogen) atoms. The number of benzene rings is 1. The second-order valence-corrected chi connectivity index (χ2v) is 11.1. The summed E-state index contributed by atoms with van der Waals surface area (Å²) in [4.78, 5) is 24.2. The van der Waals surface area contributed by atoms with Crippen molar-refractivity contribution < 1.29 is 19.6 Å². The average molecular weight is 393 g/mol. The monoisotopic (exact) mass is 392 g/mol. The highest BCUT2D eigenvalue weighted by molar-refractivity contribution is 5.36. The summed E-state index contributed by atoms with van der Waals surface area (Å²) in [7, 11) is 0. The third-order valence-corrected chi connectivity index (χ3v) is 5.55. The molecule has 0 aromatic heterocycles. The fourth-order valence-electron chi connectivity index (χ4n) is 4.06. The van der Waals surface area contributed by atoms with Crippen molar-refractivity contribution in [3.05, 3.63) is 35.4 Å². The van der Waals surface area contributed by atoms with Gasteiger partial charge in [-0.3, -0.25) is 0 Å². The molecule has 2 rings (SSSR count). The van der Waals surface area contributed by atoms with E-state index in [-0.39, 0.29) is 10.8 Å². The third kappa shape index (κ3) is 5.15. The SMILES string of the molecule is CCC1(C)CC(C)(C)c2ccccc2CC1(OOC(C)(C)C)OOC(C)(C)C. The predicted molar refractivity (Wildman–Crippen MR) is 113 cm³/mol. The van der Waals surface area contributed by atoms with Crippen molar-refractivity contribution in [1.29, 1.82) is 0 Å². The van der Waals surface area contributed by atoms with E-state index in [1.165, 1.54) is 11.1 Å². The first-order chi connectivity index (χ1) is 12.6. The molecule has 0 saturated carbocycles. The minimum atomic E-state index is -1.06. The van der Waals surface area contributed by atoms with Crippen LogP contribution in [-0.2, 0) is 31.4 Å². The van der Waals surface area contributed by atoms with E-state index in [2.05, 4.69) is 52.0 Å². The molecule has 1 atom stereocenters. The lowest BCUT2D eigenvalue weighted by atomic mass is 9.67. The number of rotatable bonds is 5. The number of hydrogen-bond donors (Lipinski definition) is 0. The van der Waals surface area contributed by atoms with Gasteiger partial charge in [-0.05, 0) is 70.9 Å². The lowest BCUT2D eigenvalue weighted by molar-refractivity contribution is -0.563. The van der Waals surface area contributed by atoms with Crippen molar-refractivity contribution in [2.45, 2.75) is 111 Å². The molecule has 1 aromatic carbocycles. The third-order valence-electron chi connectivity index (χ3n) is 5.55. The molecule has 1 aliphatic carbocycles. The molecular formula is C24H40O4. The number of fused-ring (bicyclic) bond motifs is 1. The summed E-state index contributed by atoms with van der Waals surface area (Å²) < 4.78 is 0. The van der Waals surface area contributed by atoms with Gasteiger partial charge in [0, 0.05) is 11.8 Å². The Morgan fingerprint density at radius 1 is 0.857 bits per heavy atom. The molecule has 0 heterocycles. The Morgan fingerprint density at radius 2 is 1.36 bits per heavy atom. The maximum Gasteiger partial charge on any atom is 0.243 e. The highest BCUT2D eigenvalue weighted by atomic mass is 17.3. The Kier molecular flexibility index (Phi) is 6.43. The molecular weight excluding hydrogens is 352 g/mol. The average Bonchev–Trinajstić information content (AvgIpc) is 2.62. The van der Waals surface area contributed by atoms with E-state index in [1.807, 2.05) is 41.5 Å². The Hall–Kier alpha value is -0.940. The maximum absolute atomic E-state index is 6.22. The molecule has 0 N–H and O–H groups in total. The Labute approximate surface area is 171 Å². The van der Waals surface area contributed by atoms with Gasteiger partial charge in [-0.25, -0.2) is 9.78 Å². The summed E-state index contributed by atoms with van der Waals surface area (Å²) in [6.45, 7) is 20.8. The van der Waals surface area contributed by atoms with Crippen LogP contribution in [0.1, 0.15) is 93.2 Å². The fraction of sp³-hybridized carbons (Fsp3) is 0.750. The van der Waals surface area contributed by atoms with Gasteiger partial charge < -0.3 is 0 Å². The van der Waals surface area contributed by atoms with Crippen molar-refractivity contribution in [1.82, 2.24) is 0 Å². The van der Waals surface area contributed by atoms with E-state index in [0.717, 1.165) is 12.8 Å². The van der Waals surface area contributed by atoms with Crippen LogP contribution in [0, 0.1) is 5.41 Å². The van der Waals surface area contributed by atoms with Crippen molar-refractivity contribution in [3.8, 4) is 0 Å². The molecule has 0 fully saturated rings. The van der Waals surface area contributed by atoms with E-state index < -0.39 is 17.0 Å². The van der Waals surface area contributed by atoms with Crippen LogP contribution >= 0.6 is 0 Å². The molecule has 0 spiro atoms. The van der Waals surface area contributed by atoms with Gasteiger partial charge in [0.05, 0.1) is 11.2 Å². The zero-order valence-electron chi connectivity index (χ0n) is 19.6. The largest absolute Gasteiger partial charge is 0.243 e. The van der Waals surface area contributed by atoms with Crippen LogP contribution < -0.4 is 0 Å². The van der Waals surface area contributed by atoms with E-state index in [9.17, 15) is 0 Å². The lowest BCUT2D eigenvalue weighted by Gasteiger charge is -2.47. The van der Waals surface area contributed by atoms with Gasteiger partial charge >= 0.3 is 0 Å². The first-order valence-electron chi connectivity index (χ1n) is 10.5. The van der Waals surface area contributed by atoms with Crippen LogP contribution in [0.5, 0.6) is 0 Å². The molecule has 160 valence electrons. The van der Waals surface area contributed by atoms with Crippen molar-refractivity contribution >= 4 is 0 Å². The summed E-state index contributed by atoms with van der Waals surface area (Å²) in [6.07, 6.45) is 2.31. The van der Waals surface area contributed by atoms with Crippen LogP contribution in [-0.4, -0.2) is 17.0 Å². The summed E-state index contributed by atoms with van der Waals surface area (Å²) in [5, 5.41) is 0. The van der Waals surface area contributed by atoms with Gasteiger partial charge in [0.2, 0.25) is 5.79 Å². The van der Waals surface area contributed by atoms with Crippen LogP contribution in [0.15, 0.2) is 24.3 Å². The Bertz CT molecular complexity index is 648. The first-order valence-corrected chi connectivity index (χ1v) is 10.5. The predicted octanol–water partition coefficient (Wildman–Crippen LogP) is 6.52. The van der Waals surface area contributed by atoms with Gasteiger partial charge in [-0.2, -0.15) is 9.78 Å². The zero-order chi connectivity index (χ0) is 21.4. The van der Waals surface area contributed by atoms with E-state index in [0.29, 0.717) is 6.42 Å². The summed E-state index contributed by atoms with van der Waals surface area (Å²) in [5.41, 5.74) is 1.25. The molecule has 1 aliphatic rings. The molecule has 4 nitrogen and oxygen atoms in total. The second kappa shape index (κ2) is 7.71. The Balaban J connectivity index is 2.60. The van der Waals surface area contributed by atoms with Crippen molar-refractivity contribution in [2.24, 2.45) is 5.41 Å². The smallest absolute Gasteiger partial charge is 0.228 e. The topological polar surface area (TPSA) is 36.9 Å². The molecule has 1 aromatic rings. The molecule has 0 aliphatic heterocycles. The summed E-state index contributed by atoms with van der Waals surface area (Å²) >= 11 is 0. The summed E-state index contributed by atoms with van der Waals surface area (Å²) in [5.74, 6) is -1.06. The van der Waals surface area contributed by atoms with E-state index in [4.69, 9.17) is 19.6 Å². The zero-order valence-corrected chi connectivity index (χ0v) is 19.6. The van der Waals surface area contributed by atoms with E-state index in [1.54, 1.807) is 0 Å². The Morgan fingerprint density at radius 3 is 1.82 bits per heavy atom. The minimum absolute atomic E-state index is 0.0285. The van der Waals surface area contributed by atoms with Gasteiger partial charge in [0.25, 0.3) is 0 Å². The first kappa shape index (κ1) is 23.3. The second-order valence-electron chi connectivity index (χ2n) is 11.1. The normalized spacial score (nSPS) is 24.5. The quantitative estimate of drug-likeness (QED) is 0.247. The molecule has 0 amide bonds. The highest BCUT2D eigenvalue weighted by Gasteiger charge is 2.57. The standard InChI is InChI=1S/C24H40O4/c1-11-23(10)17-22(8,9)19-15-13-12-14-18(19)16-24(23,27-25-20(2,3)4)28-26-21(5,6)7/h12-15H,11,16-17H2,1-10H3. The van der Waals surface area contributed by atoms with Gasteiger partial charge in [-0.1, -0.05) is 52.0 Å². The van der Waals surface area contributed by atoms with Gasteiger partial charge in [0.1, 0.15) is 0 Å². The maximum atomic E-state index is 6.22. The van der Waals surface area contributed by atoms with Gasteiger partial charge in [0.15, 0.2) is 0 Å². The number of hydrogen-bond acceptors (Lipinski definition) is 4. The molecule has 4 heteroatoms. The minimum Gasteiger partial charge on any atom is -0.228 e. The van der Waals surface area contributed by atoms with Crippen LogP contribution in [0.2, 0.25) is 0 Å². The molecule has 0 saturated heterocycles. The fourth-order valence-corrected chi connectivity index (χ4v) is 4.06. The van der Waals surface area contributed by atoms with E-state index >= 15 is 0 Å². The highest BCUT2D eigenvalue weighted by Crippen LogP contribution is 2.53. The molecule has 1 unspecified atom stereocenters. The van der Waals surface area contributed by atoms with Crippen molar-refractivity contribution in [3.63, 3.8) is 0 Å². The molecule has 0 bridgehead atoms. The van der Waals surface area contributed by atoms with Crippen LogP contribution in [0.4, 0.5) is 0 Å².